The van der Waals surface area contributed by atoms with E-state index in [9.17, 15) is 4.79 Å². The van der Waals surface area contributed by atoms with Crippen LogP contribution in [0.5, 0.6) is 0 Å². The van der Waals surface area contributed by atoms with Gasteiger partial charge < -0.3 is 5.32 Å². The predicted octanol–water partition coefficient (Wildman–Crippen LogP) is 4.45. The van der Waals surface area contributed by atoms with Crippen LogP contribution < -0.4 is 5.32 Å². The summed E-state index contributed by atoms with van der Waals surface area (Å²) in [4.78, 5) is 16.8. The molecule has 0 unspecified atom stereocenters. The molecule has 0 fully saturated rings. The molecule has 1 heterocycles. The average Bonchev–Trinajstić information content (AvgIpc) is 2.46. The number of rotatable bonds is 2. The molecule has 4 heteroatoms. The van der Waals surface area contributed by atoms with Gasteiger partial charge in [0.1, 0.15) is 0 Å². The second-order valence-corrected chi connectivity index (χ2v) is 5.28. The van der Waals surface area contributed by atoms with Crippen LogP contribution >= 0.6 is 11.6 Å². The largest absolute Gasteiger partial charge is 0.322 e. The van der Waals surface area contributed by atoms with E-state index in [1.807, 2.05) is 31.2 Å². The molecule has 0 aliphatic rings. The molecule has 21 heavy (non-hydrogen) atoms. The lowest BCUT2D eigenvalue weighted by molar-refractivity contribution is 0.102. The molecule has 1 aromatic heterocycles. The van der Waals surface area contributed by atoms with Crippen LogP contribution in [0.1, 0.15) is 15.9 Å². The number of amides is 1. The number of aryl methyl sites for hydroxylation is 1. The topological polar surface area (TPSA) is 42.0 Å². The number of carbonyl (C=O) groups is 1. The van der Waals surface area contributed by atoms with Crippen LogP contribution in [0.2, 0.25) is 5.02 Å². The molecule has 3 aromatic rings. The molecule has 0 radical (unpaired) electrons. The number of pyridine rings is 1. The first-order chi connectivity index (χ1) is 10.1. The predicted molar refractivity (Wildman–Crippen MR) is 85.9 cm³/mol. The Bertz CT molecular complexity index is 830. The molecule has 3 nitrogen and oxygen atoms in total. The first-order valence-corrected chi connectivity index (χ1v) is 6.93. The Hall–Kier alpha value is -2.39. The number of hydrogen-bond acceptors (Lipinski definition) is 2. The number of anilines is 1. The molecule has 0 aliphatic heterocycles. The summed E-state index contributed by atoms with van der Waals surface area (Å²) >= 11 is 5.93. The highest BCUT2D eigenvalue weighted by Crippen LogP contribution is 2.21. The number of nitrogens with zero attached hydrogens (tertiary/aromatic N) is 1. The summed E-state index contributed by atoms with van der Waals surface area (Å²) in [6.45, 7) is 1.95. The van der Waals surface area contributed by atoms with E-state index in [4.69, 9.17) is 11.6 Å². The van der Waals surface area contributed by atoms with Gasteiger partial charge in [0.25, 0.3) is 5.91 Å². The molecule has 1 N–H and O–H groups in total. The van der Waals surface area contributed by atoms with E-state index >= 15 is 0 Å². The van der Waals surface area contributed by atoms with E-state index in [1.165, 1.54) is 0 Å². The fourth-order valence-corrected chi connectivity index (χ4v) is 2.47. The minimum Gasteiger partial charge on any atom is -0.322 e. The van der Waals surface area contributed by atoms with Crippen LogP contribution in [0.3, 0.4) is 0 Å². The number of hydrogen-bond donors (Lipinski definition) is 1. The Kier molecular flexibility index (Phi) is 3.59. The van der Waals surface area contributed by atoms with E-state index in [1.54, 1.807) is 30.5 Å². The fraction of sp³-hybridized carbons (Fsp3) is 0.0588. The van der Waals surface area contributed by atoms with E-state index in [-0.39, 0.29) is 5.91 Å². The molecule has 0 spiro atoms. The van der Waals surface area contributed by atoms with Crippen LogP contribution in [0.25, 0.3) is 10.9 Å². The summed E-state index contributed by atoms with van der Waals surface area (Å²) in [5.74, 6) is -0.168. The van der Waals surface area contributed by atoms with Gasteiger partial charge in [0.05, 0.1) is 5.52 Å². The number of aromatic nitrogens is 1. The zero-order chi connectivity index (χ0) is 14.8. The highest BCUT2D eigenvalue weighted by atomic mass is 35.5. The molecule has 1 amide bonds. The second kappa shape index (κ2) is 5.54. The molecule has 2 aromatic carbocycles. The van der Waals surface area contributed by atoms with Gasteiger partial charge in [-0.3, -0.25) is 9.78 Å². The van der Waals surface area contributed by atoms with Crippen LogP contribution in [0.4, 0.5) is 5.69 Å². The van der Waals surface area contributed by atoms with Crippen LogP contribution in [0, 0.1) is 6.92 Å². The zero-order valence-corrected chi connectivity index (χ0v) is 12.2. The highest BCUT2D eigenvalue weighted by Gasteiger charge is 2.11. The summed E-state index contributed by atoms with van der Waals surface area (Å²) in [6.07, 6.45) is 1.72. The van der Waals surface area contributed by atoms with Crippen molar-refractivity contribution < 1.29 is 4.79 Å². The van der Waals surface area contributed by atoms with Crippen molar-refractivity contribution in [3.8, 4) is 0 Å². The Labute approximate surface area is 127 Å². The summed E-state index contributed by atoms with van der Waals surface area (Å²) in [5.41, 5.74) is 3.09. The summed E-state index contributed by atoms with van der Waals surface area (Å²) < 4.78 is 0. The summed E-state index contributed by atoms with van der Waals surface area (Å²) in [7, 11) is 0. The van der Waals surface area contributed by atoms with Gasteiger partial charge in [-0.2, -0.15) is 0 Å². The average molecular weight is 297 g/mol. The van der Waals surface area contributed by atoms with Crippen molar-refractivity contribution in [2.24, 2.45) is 0 Å². The first kappa shape index (κ1) is 13.6. The quantitative estimate of drug-likeness (QED) is 0.759. The lowest BCUT2D eigenvalue weighted by atomic mass is 10.0. The Morgan fingerprint density at radius 2 is 2.00 bits per heavy atom. The lowest BCUT2D eigenvalue weighted by Gasteiger charge is -2.09. The van der Waals surface area contributed by atoms with Crippen LogP contribution in [-0.4, -0.2) is 10.9 Å². The van der Waals surface area contributed by atoms with E-state index in [2.05, 4.69) is 10.3 Å². The molecule has 0 atom stereocenters. The van der Waals surface area contributed by atoms with Crippen molar-refractivity contribution in [2.75, 3.05) is 5.32 Å². The van der Waals surface area contributed by atoms with Crippen molar-refractivity contribution >= 4 is 34.1 Å². The standard InChI is InChI=1S/C17H13ClN2O/c1-11-8-15(14-6-3-7-19-16(14)9-11)17(21)20-13-5-2-4-12(18)10-13/h2-10H,1H3,(H,20,21). The number of carbonyl (C=O) groups excluding carboxylic acids is 1. The van der Waals surface area contributed by atoms with Gasteiger partial charge in [0.15, 0.2) is 0 Å². The van der Waals surface area contributed by atoms with Crippen molar-refractivity contribution in [3.05, 3.63) is 70.9 Å². The second-order valence-electron chi connectivity index (χ2n) is 4.85. The fourth-order valence-electron chi connectivity index (χ4n) is 2.28. The van der Waals surface area contributed by atoms with Gasteiger partial charge in [-0.05, 0) is 48.9 Å². The van der Waals surface area contributed by atoms with E-state index in [0.717, 1.165) is 16.5 Å². The van der Waals surface area contributed by atoms with Gasteiger partial charge in [0.2, 0.25) is 0 Å². The molecule has 0 saturated carbocycles. The van der Waals surface area contributed by atoms with Crippen LogP contribution in [-0.2, 0) is 0 Å². The van der Waals surface area contributed by atoms with Gasteiger partial charge in [-0.25, -0.2) is 0 Å². The number of nitrogens with one attached hydrogen (secondary N) is 1. The molecular formula is C17H13ClN2O. The van der Waals surface area contributed by atoms with Crippen molar-refractivity contribution in [2.45, 2.75) is 6.92 Å². The number of benzene rings is 2. The lowest BCUT2D eigenvalue weighted by Crippen LogP contribution is -2.12. The highest BCUT2D eigenvalue weighted by molar-refractivity contribution is 6.31. The molecular weight excluding hydrogens is 284 g/mol. The zero-order valence-electron chi connectivity index (χ0n) is 11.4. The third kappa shape index (κ3) is 2.88. The summed E-state index contributed by atoms with van der Waals surface area (Å²) in [6, 6.07) is 14.6. The van der Waals surface area contributed by atoms with Gasteiger partial charge in [-0.1, -0.05) is 23.7 Å². The van der Waals surface area contributed by atoms with Gasteiger partial charge in [0, 0.05) is 27.9 Å². The molecule has 0 saturated heterocycles. The van der Waals surface area contributed by atoms with Gasteiger partial charge >= 0.3 is 0 Å². The Morgan fingerprint density at radius 3 is 2.81 bits per heavy atom. The summed E-state index contributed by atoms with van der Waals surface area (Å²) in [5, 5.41) is 4.29. The molecule has 0 aliphatic carbocycles. The SMILES string of the molecule is Cc1cc(C(=O)Nc2cccc(Cl)c2)c2cccnc2c1. The maximum absolute atomic E-state index is 12.5. The van der Waals surface area contributed by atoms with Crippen LogP contribution in [0.15, 0.2) is 54.7 Å². The van der Waals surface area contributed by atoms with Gasteiger partial charge in [-0.15, -0.1) is 0 Å². The van der Waals surface area contributed by atoms with Crippen molar-refractivity contribution in [1.29, 1.82) is 0 Å². The maximum Gasteiger partial charge on any atom is 0.256 e. The van der Waals surface area contributed by atoms with E-state index < -0.39 is 0 Å². The molecule has 3 rings (SSSR count). The third-order valence-corrected chi connectivity index (χ3v) is 3.43. The number of fused-ring (bicyclic) bond motifs is 1. The molecule has 0 bridgehead atoms. The molecule has 104 valence electrons. The van der Waals surface area contributed by atoms with E-state index in [0.29, 0.717) is 16.3 Å². The number of halogens is 1. The first-order valence-electron chi connectivity index (χ1n) is 6.56. The normalized spacial score (nSPS) is 10.6. The van der Waals surface area contributed by atoms with Crippen molar-refractivity contribution in [3.63, 3.8) is 0 Å². The van der Waals surface area contributed by atoms with Crippen molar-refractivity contribution in [1.82, 2.24) is 4.98 Å². The Morgan fingerprint density at radius 1 is 1.14 bits per heavy atom. The smallest absolute Gasteiger partial charge is 0.256 e. The Balaban J connectivity index is 2.02. The monoisotopic (exact) mass is 296 g/mol. The maximum atomic E-state index is 12.5. The minimum atomic E-state index is -0.168. The third-order valence-electron chi connectivity index (χ3n) is 3.19. The minimum absolute atomic E-state index is 0.168.